The van der Waals surface area contributed by atoms with Crippen molar-refractivity contribution in [2.24, 2.45) is 5.73 Å². The highest BCUT2D eigenvalue weighted by molar-refractivity contribution is 7.98. The zero-order valence-corrected chi connectivity index (χ0v) is 10.2. The minimum atomic E-state index is 0.413. The van der Waals surface area contributed by atoms with Gasteiger partial charge < -0.3 is 10.3 Å². The van der Waals surface area contributed by atoms with Crippen LogP contribution in [0.5, 0.6) is 0 Å². The van der Waals surface area contributed by atoms with E-state index < -0.39 is 0 Å². The first-order chi connectivity index (χ1) is 7.84. The average Bonchev–Trinajstić information content (AvgIpc) is 2.74. The molecule has 0 spiro atoms. The Morgan fingerprint density at radius 1 is 1.19 bits per heavy atom. The van der Waals surface area contributed by atoms with Crippen LogP contribution in [0.2, 0.25) is 0 Å². The van der Waals surface area contributed by atoms with Gasteiger partial charge >= 0.3 is 0 Å². The van der Waals surface area contributed by atoms with E-state index in [4.69, 9.17) is 5.73 Å². The van der Waals surface area contributed by atoms with Crippen molar-refractivity contribution in [3.05, 3.63) is 11.6 Å². The smallest absolute Gasteiger partial charge is 0.143 e. The lowest BCUT2D eigenvalue weighted by Crippen LogP contribution is -2.27. The molecule has 1 aromatic heterocycles. The number of aromatic nitrogens is 3. The summed E-state index contributed by atoms with van der Waals surface area (Å²) in [5.74, 6) is 5.22. The first-order valence-electron chi connectivity index (χ1n) is 6.10. The molecule has 5 heteroatoms. The molecule has 0 saturated heterocycles. The molecule has 1 saturated carbocycles. The molecule has 88 valence electrons. The van der Waals surface area contributed by atoms with Crippen LogP contribution in [0.3, 0.4) is 0 Å². The average molecular weight is 238 g/mol. The van der Waals surface area contributed by atoms with E-state index in [1.54, 1.807) is 0 Å². The van der Waals surface area contributed by atoms with Crippen LogP contribution in [0.4, 0.5) is 0 Å². The predicted molar refractivity (Wildman–Crippen MR) is 65.4 cm³/mol. The maximum Gasteiger partial charge on any atom is 0.143 e. The molecule has 0 amide bonds. The van der Waals surface area contributed by atoms with Crippen molar-refractivity contribution in [2.45, 2.75) is 49.9 Å². The Bertz CT molecular complexity index is 368. The highest BCUT2D eigenvalue weighted by Gasteiger charge is 2.26. The first-order valence-corrected chi connectivity index (χ1v) is 7.25. The van der Waals surface area contributed by atoms with Gasteiger partial charge in [-0.3, -0.25) is 0 Å². The number of nitrogens with two attached hydrogens (primary N) is 1. The summed E-state index contributed by atoms with van der Waals surface area (Å²) in [4.78, 5) is 0. The fourth-order valence-electron chi connectivity index (χ4n) is 2.70. The van der Waals surface area contributed by atoms with E-state index in [1.165, 1.54) is 30.2 Å². The summed E-state index contributed by atoms with van der Waals surface area (Å²) in [5.41, 5.74) is 5.94. The molecule has 2 N–H and O–H groups in total. The highest BCUT2D eigenvalue weighted by atomic mass is 32.2. The molecule has 1 aliphatic heterocycles. The van der Waals surface area contributed by atoms with E-state index >= 15 is 0 Å². The zero-order chi connectivity index (χ0) is 11.0. The number of hydrogen-bond donors (Lipinski definition) is 1. The third-order valence-corrected chi connectivity index (χ3v) is 4.62. The molecule has 16 heavy (non-hydrogen) atoms. The number of thioether (sulfide) groups is 1. The molecule has 2 heterocycles. The molecule has 1 fully saturated rings. The maximum absolute atomic E-state index is 5.94. The number of fused-ring (bicyclic) bond motifs is 1. The van der Waals surface area contributed by atoms with E-state index in [1.807, 2.05) is 11.8 Å². The van der Waals surface area contributed by atoms with Crippen LogP contribution < -0.4 is 5.73 Å². The Kier molecular flexibility index (Phi) is 2.90. The van der Waals surface area contributed by atoms with Gasteiger partial charge in [-0.15, -0.1) is 10.2 Å². The summed E-state index contributed by atoms with van der Waals surface area (Å²) >= 11 is 1.95. The van der Waals surface area contributed by atoms with E-state index in [0.717, 1.165) is 25.1 Å². The second kappa shape index (κ2) is 4.37. The molecule has 0 unspecified atom stereocenters. The van der Waals surface area contributed by atoms with E-state index in [-0.39, 0.29) is 0 Å². The van der Waals surface area contributed by atoms with Gasteiger partial charge in [-0.25, -0.2) is 0 Å². The van der Waals surface area contributed by atoms with Gasteiger partial charge in [0.2, 0.25) is 0 Å². The Balaban J connectivity index is 1.81. The lowest BCUT2D eigenvalue weighted by Gasteiger charge is -2.26. The summed E-state index contributed by atoms with van der Waals surface area (Å²) in [7, 11) is 0. The van der Waals surface area contributed by atoms with Gasteiger partial charge in [-0.1, -0.05) is 0 Å². The van der Waals surface area contributed by atoms with Gasteiger partial charge in [0.25, 0.3) is 0 Å². The molecule has 0 bridgehead atoms. The minimum absolute atomic E-state index is 0.413. The summed E-state index contributed by atoms with van der Waals surface area (Å²) < 4.78 is 2.35. The molecule has 4 nitrogen and oxygen atoms in total. The van der Waals surface area contributed by atoms with E-state index in [9.17, 15) is 0 Å². The van der Waals surface area contributed by atoms with Crippen molar-refractivity contribution in [2.75, 3.05) is 5.75 Å². The van der Waals surface area contributed by atoms with Gasteiger partial charge in [0, 0.05) is 24.3 Å². The van der Waals surface area contributed by atoms with Crippen LogP contribution in [0.1, 0.15) is 43.3 Å². The maximum atomic E-state index is 5.94. The van der Waals surface area contributed by atoms with Crippen molar-refractivity contribution < 1.29 is 0 Å². The van der Waals surface area contributed by atoms with Crippen LogP contribution in [-0.2, 0) is 12.3 Å². The quantitative estimate of drug-likeness (QED) is 0.805. The molecule has 2 aliphatic rings. The van der Waals surface area contributed by atoms with Crippen LogP contribution in [0.15, 0.2) is 0 Å². The summed E-state index contributed by atoms with van der Waals surface area (Å²) in [5, 5.41) is 8.72. The van der Waals surface area contributed by atoms with Crippen LogP contribution in [-0.4, -0.2) is 26.6 Å². The summed E-state index contributed by atoms with van der Waals surface area (Å²) in [6.45, 7) is 1.09. The van der Waals surface area contributed by atoms with Crippen molar-refractivity contribution in [1.29, 1.82) is 0 Å². The second-order valence-electron chi connectivity index (χ2n) is 4.79. The van der Waals surface area contributed by atoms with Gasteiger partial charge in [0.1, 0.15) is 11.6 Å². The minimum Gasteiger partial charge on any atom is -0.328 e. The molecule has 3 rings (SSSR count). The lowest BCUT2D eigenvalue weighted by atomic mass is 9.86. The molecule has 0 radical (unpaired) electrons. The standard InChI is InChI=1S/C11H18N4S/c12-9-3-1-8(2-4-9)11-14-13-10-7-16-6-5-15(10)11/h8-9H,1-7,12H2. The van der Waals surface area contributed by atoms with Crippen LogP contribution in [0, 0.1) is 0 Å². The largest absolute Gasteiger partial charge is 0.328 e. The molecule has 1 aliphatic carbocycles. The monoisotopic (exact) mass is 238 g/mol. The fraction of sp³-hybridized carbons (Fsp3) is 0.818. The molecular formula is C11H18N4S. The van der Waals surface area contributed by atoms with Gasteiger partial charge in [-0.2, -0.15) is 11.8 Å². The van der Waals surface area contributed by atoms with Crippen molar-refractivity contribution in [3.8, 4) is 0 Å². The van der Waals surface area contributed by atoms with Crippen LogP contribution in [0.25, 0.3) is 0 Å². The Morgan fingerprint density at radius 2 is 2.00 bits per heavy atom. The van der Waals surface area contributed by atoms with E-state index in [2.05, 4.69) is 14.8 Å². The first kappa shape index (κ1) is 10.6. The van der Waals surface area contributed by atoms with E-state index in [0.29, 0.717) is 12.0 Å². The molecular weight excluding hydrogens is 220 g/mol. The molecule has 0 aromatic carbocycles. The Morgan fingerprint density at radius 3 is 2.81 bits per heavy atom. The molecule has 0 atom stereocenters. The normalized spacial score (nSPS) is 30.1. The number of rotatable bonds is 1. The third kappa shape index (κ3) is 1.86. The zero-order valence-electron chi connectivity index (χ0n) is 9.43. The summed E-state index contributed by atoms with van der Waals surface area (Å²) in [6, 6.07) is 0.413. The molecule has 1 aromatic rings. The third-order valence-electron chi connectivity index (χ3n) is 3.68. The lowest BCUT2D eigenvalue weighted by molar-refractivity contribution is 0.376. The Hall–Kier alpha value is -0.550. The SMILES string of the molecule is NC1CCC(c2nnc3n2CCSC3)CC1. The van der Waals surface area contributed by atoms with Gasteiger partial charge in [0.05, 0.1) is 5.75 Å². The Labute approximate surface area is 100.0 Å². The second-order valence-corrected chi connectivity index (χ2v) is 5.90. The number of nitrogens with zero attached hydrogens (tertiary/aromatic N) is 3. The van der Waals surface area contributed by atoms with Crippen molar-refractivity contribution in [1.82, 2.24) is 14.8 Å². The fourth-order valence-corrected chi connectivity index (χ4v) is 3.55. The van der Waals surface area contributed by atoms with Gasteiger partial charge in [0.15, 0.2) is 0 Å². The topological polar surface area (TPSA) is 56.7 Å². The predicted octanol–water partition coefficient (Wildman–Crippen LogP) is 1.51. The highest BCUT2D eigenvalue weighted by Crippen LogP contribution is 2.32. The summed E-state index contributed by atoms with van der Waals surface area (Å²) in [6.07, 6.45) is 4.65. The number of hydrogen-bond acceptors (Lipinski definition) is 4. The van der Waals surface area contributed by atoms with Crippen LogP contribution >= 0.6 is 11.8 Å². The van der Waals surface area contributed by atoms with Gasteiger partial charge in [-0.05, 0) is 25.7 Å². The van der Waals surface area contributed by atoms with Crippen molar-refractivity contribution >= 4 is 11.8 Å². The van der Waals surface area contributed by atoms with Crippen molar-refractivity contribution in [3.63, 3.8) is 0 Å².